The Hall–Kier alpha value is -1.95. The first-order chi connectivity index (χ1) is 9.11. The lowest BCUT2D eigenvalue weighted by Gasteiger charge is -2.12. The summed E-state index contributed by atoms with van der Waals surface area (Å²) in [4.78, 5) is 22.3. The van der Waals surface area contributed by atoms with Gasteiger partial charge in [0.25, 0.3) is 0 Å². The molecular formula is C12H12ClNO5. The van der Waals surface area contributed by atoms with Crippen LogP contribution in [0.3, 0.4) is 0 Å². The minimum atomic E-state index is -0.538. The summed E-state index contributed by atoms with van der Waals surface area (Å²) >= 11 is 6.05. The molecule has 1 unspecified atom stereocenters. The fourth-order valence-electron chi connectivity index (χ4n) is 1.60. The van der Waals surface area contributed by atoms with Crippen LogP contribution in [0.4, 0.5) is 4.79 Å². The number of methoxy groups -OCH3 is 1. The smallest absolute Gasteiger partial charge is 0.407 e. The maximum Gasteiger partial charge on any atom is 0.407 e. The third-order valence-electron chi connectivity index (χ3n) is 2.54. The van der Waals surface area contributed by atoms with E-state index in [4.69, 9.17) is 21.1 Å². The second-order valence-corrected chi connectivity index (χ2v) is 4.21. The van der Waals surface area contributed by atoms with Crippen LogP contribution >= 0.6 is 11.6 Å². The molecule has 1 aromatic carbocycles. The Morgan fingerprint density at radius 1 is 1.58 bits per heavy atom. The second kappa shape index (κ2) is 5.79. The lowest BCUT2D eigenvalue weighted by atomic mass is 10.2. The molecule has 1 saturated heterocycles. The van der Waals surface area contributed by atoms with E-state index in [1.165, 1.54) is 13.2 Å². The molecule has 0 spiro atoms. The molecule has 1 amide bonds. The third kappa shape index (κ3) is 3.08. The van der Waals surface area contributed by atoms with Crippen LogP contribution in [-0.2, 0) is 9.47 Å². The van der Waals surface area contributed by atoms with Crippen LogP contribution in [0.25, 0.3) is 0 Å². The SMILES string of the molecule is COC(=O)c1cccc(OCC2CNC(=O)O2)c1Cl. The lowest BCUT2D eigenvalue weighted by molar-refractivity contribution is 0.0600. The molecule has 1 atom stereocenters. The molecular weight excluding hydrogens is 274 g/mol. The highest BCUT2D eigenvalue weighted by atomic mass is 35.5. The van der Waals surface area contributed by atoms with Gasteiger partial charge in [-0.15, -0.1) is 0 Å². The number of nitrogens with one attached hydrogen (secondary N) is 1. The summed E-state index contributed by atoms with van der Waals surface area (Å²) in [5.74, 6) is -0.197. The number of ether oxygens (including phenoxy) is 3. The first kappa shape index (κ1) is 13.5. The highest BCUT2D eigenvalue weighted by Crippen LogP contribution is 2.28. The Kier molecular flexibility index (Phi) is 4.11. The standard InChI is InChI=1S/C12H12ClNO5/c1-17-11(15)8-3-2-4-9(10(8)13)18-6-7-5-14-12(16)19-7/h2-4,7H,5-6H2,1H3,(H,14,16). The van der Waals surface area contributed by atoms with Gasteiger partial charge in [-0.2, -0.15) is 0 Å². The van der Waals surface area contributed by atoms with Gasteiger partial charge >= 0.3 is 12.1 Å². The number of rotatable bonds is 4. The van der Waals surface area contributed by atoms with Gasteiger partial charge in [0.2, 0.25) is 0 Å². The minimum absolute atomic E-state index is 0.156. The number of esters is 1. The summed E-state index contributed by atoms with van der Waals surface area (Å²) in [6.45, 7) is 0.538. The highest BCUT2D eigenvalue weighted by molar-refractivity contribution is 6.35. The number of hydrogen-bond donors (Lipinski definition) is 1. The number of hydrogen-bond acceptors (Lipinski definition) is 5. The van der Waals surface area contributed by atoms with Crippen LogP contribution in [0, 0.1) is 0 Å². The maximum atomic E-state index is 11.4. The number of halogens is 1. The Balaban J connectivity index is 2.04. The fourth-order valence-corrected chi connectivity index (χ4v) is 1.86. The molecule has 0 bridgehead atoms. The van der Waals surface area contributed by atoms with Crippen LogP contribution in [0.5, 0.6) is 5.75 Å². The van der Waals surface area contributed by atoms with E-state index in [0.29, 0.717) is 12.3 Å². The summed E-state index contributed by atoms with van der Waals surface area (Å²) < 4.78 is 15.0. The predicted molar refractivity (Wildman–Crippen MR) is 66.6 cm³/mol. The number of cyclic esters (lactones) is 1. The molecule has 1 fully saturated rings. The van der Waals surface area contributed by atoms with E-state index in [2.05, 4.69) is 10.1 Å². The zero-order valence-electron chi connectivity index (χ0n) is 10.1. The van der Waals surface area contributed by atoms with Crippen molar-refractivity contribution in [2.45, 2.75) is 6.10 Å². The summed E-state index contributed by atoms with van der Waals surface area (Å²) in [6.07, 6.45) is -0.839. The van der Waals surface area contributed by atoms with Crippen molar-refractivity contribution in [3.05, 3.63) is 28.8 Å². The van der Waals surface area contributed by atoms with Gasteiger partial charge in [-0.3, -0.25) is 0 Å². The molecule has 0 aromatic heterocycles. The van der Waals surface area contributed by atoms with Crippen molar-refractivity contribution < 1.29 is 23.8 Å². The molecule has 102 valence electrons. The molecule has 1 aromatic rings. The first-order valence-corrected chi connectivity index (χ1v) is 5.93. The van der Waals surface area contributed by atoms with E-state index >= 15 is 0 Å². The van der Waals surface area contributed by atoms with Crippen LogP contribution < -0.4 is 10.1 Å². The third-order valence-corrected chi connectivity index (χ3v) is 2.93. The zero-order valence-corrected chi connectivity index (χ0v) is 10.9. The van der Waals surface area contributed by atoms with Gasteiger partial charge in [0.15, 0.2) is 6.10 Å². The summed E-state index contributed by atoms with van der Waals surface area (Å²) in [5.41, 5.74) is 0.225. The van der Waals surface area contributed by atoms with Crippen molar-refractivity contribution in [3.63, 3.8) is 0 Å². The number of alkyl carbamates (subject to hydrolysis) is 1. The average molecular weight is 286 g/mol. The van der Waals surface area contributed by atoms with Crippen molar-refractivity contribution in [3.8, 4) is 5.75 Å². The van der Waals surface area contributed by atoms with E-state index in [1.54, 1.807) is 12.1 Å². The zero-order chi connectivity index (χ0) is 13.8. The number of carbonyl (C=O) groups is 2. The predicted octanol–water partition coefficient (Wildman–Crippen LogP) is 1.61. The molecule has 1 aliphatic heterocycles. The molecule has 1 heterocycles. The van der Waals surface area contributed by atoms with Crippen LogP contribution in [-0.4, -0.2) is 38.4 Å². The maximum absolute atomic E-state index is 11.4. The first-order valence-electron chi connectivity index (χ1n) is 5.56. The van der Waals surface area contributed by atoms with Gasteiger partial charge in [0, 0.05) is 0 Å². The van der Waals surface area contributed by atoms with Crippen molar-refractivity contribution in [1.82, 2.24) is 5.32 Å². The summed E-state index contributed by atoms with van der Waals surface area (Å²) in [6, 6.07) is 4.80. The molecule has 1 aliphatic rings. The molecule has 19 heavy (non-hydrogen) atoms. The normalized spacial score (nSPS) is 17.6. The topological polar surface area (TPSA) is 73.9 Å². The van der Waals surface area contributed by atoms with Crippen molar-refractivity contribution >= 4 is 23.7 Å². The summed E-state index contributed by atoms with van der Waals surface area (Å²) in [7, 11) is 1.27. The lowest BCUT2D eigenvalue weighted by Crippen LogP contribution is -2.22. The molecule has 0 saturated carbocycles. The van der Waals surface area contributed by atoms with Gasteiger partial charge in [0.05, 0.1) is 24.2 Å². The number of benzene rings is 1. The number of carbonyl (C=O) groups excluding carboxylic acids is 2. The minimum Gasteiger partial charge on any atom is -0.488 e. The van der Waals surface area contributed by atoms with Crippen molar-refractivity contribution in [1.29, 1.82) is 0 Å². The molecule has 7 heteroatoms. The average Bonchev–Trinajstić information content (AvgIpc) is 2.82. The Morgan fingerprint density at radius 2 is 2.37 bits per heavy atom. The van der Waals surface area contributed by atoms with E-state index < -0.39 is 12.1 Å². The van der Waals surface area contributed by atoms with Crippen LogP contribution in [0.15, 0.2) is 18.2 Å². The Labute approximate surface area is 114 Å². The van der Waals surface area contributed by atoms with E-state index in [-0.39, 0.29) is 23.3 Å². The van der Waals surface area contributed by atoms with Crippen molar-refractivity contribution in [2.24, 2.45) is 0 Å². The second-order valence-electron chi connectivity index (χ2n) is 3.83. The summed E-state index contributed by atoms with van der Waals surface area (Å²) in [5, 5.41) is 2.68. The van der Waals surface area contributed by atoms with Gasteiger partial charge in [0.1, 0.15) is 12.4 Å². The van der Waals surface area contributed by atoms with Gasteiger partial charge in [-0.05, 0) is 12.1 Å². The highest BCUT2D eigenvalue weighted by Gasteiger charge is 2.23. The van der Waals surface area contributed by atoms with E-state index in [9.17, 15) is 9.59 Å². The van der Waals surface area contributed by atoms with Gasteiger partial charge < -0.3 is 19.5 Å². The van der Waals surface area contributed by atoms with Gasteiger partial charge in [-0.1, -0.05) is 17.7 Å². The van der Waals surface area contributed by atoms with Gasteiger partial charge in [-0.25, -0.2) is 9.59 Å². The molecule has 6 nitrogen and oxygen atoms in total. The molecule has 1 N–H and O–H groups in total. The molecule has 0 radical (unpaired) electrons. The Morgan fingerprint density at radius 3 is 3.00 bits per heavy atom. The quantitative estimate of drug-likeness (QED) is 0.851. The molecule has 2 rings (SSSR count). The monoisotopic (exact) mass is 285 g/mol. The Bertz CT molecular complexity index is 505. The fraction of sp³-hybridized carbons (Fsp3) is 0.333. The van der Waals surface area contributed by atoms with Crippen LogP contribution in [0.1, 0.15) is 10.4 Å². The van der Waals surface area contributed by atoms with Crippen LogP contribution in [0.2, 0.25) is 5.02 Å². The van der Waals surface area contributed by atoms with Crippen molar-refractivity contribution in [2.75, 3.05) is 20.3 Å². The number of amides is 1. The molecule has 0 aliphatic carbocycles. The van der Waals surface area contributed by atoms with E-state index in [0.717, 1.165) is 0 Å². The van der Waals surface area contributed by atoms with E-state index in [1.807, 2.05) is 0 Å². The largest absolute Gasteiger partial charge is 0.488 e.